The number of para-hydroxylation sites is 1. The highest BCUT2D eigenvalue weighted by molar-refractivity contribution is 6.16. The second-order valence-corrected chi connectivity index (χ2v) is 12.5. The number of nitrogens with zero attached hydrogens (tertiary/aromatic N) is 1. The Morgan fingerprint density at radius 1 is 0.333 bits per heavy atom. The van der Waals surface area contributed by atoms with Crippen LogP contribution in [0.5, 0.6) is 0 Å². The van der Waals surface area contributed by atoms with Crippen LogP contribution in [0, 0.1) is 0 Å². The Hall–Kier alpha value is -6.38. The van der Waals surface area contributed by atoms with Gasteiger partial charge in [-0.05, 0) is 97.4 Å². The highest BCUT2D eigenvalue weighted by Gasteiger charge is 2.17. The third kappa shape index (κ3) is 4.20. The lowest BCUT2D eigenvalue weighted by atomic mass is 9.98. The van der Waals surface area contributed by atoms with Gasteiger partial charge >= 0.3 is 0 Å². The highest BCUT2D eigenvalue weighted by Crippen LogP contribution is 2.42. The number of anilines is 3. The average molecular weight is 612 g/mol. The molecule has 9 aromatic carbocycles. The van der Waals surface area contributed by atoms with Gasteiger partial charge in [-0.2, -0.15) is 0 Å². The summed E-state index contributed by atoms with van der Waals surface area (Å²) in [6.07, 6.45) is 0. The molecule has 10 rings (SSSR count). The van der Waals surface area contributed by atoms with Crippen LogP contribution in [-0.2, 0) is 0 Å². The Bertz CT molecular complexity index is 2840. The van der Waals surface area contributed by atoms with Crippen LogP contribution in [0.1, 0.15) is 0 Å². The van der Waals surface area contributed by atoms with E-state index in [1.807, 2.05) is 12.1 Å². The van der Waals surface area contributed by atoms with E-state index >= 15 is 0 Å². The van der Waals surface area contributed by atoms with Crippen molar-refractivity contribution in [1.29, 1.82) is 0 Å². The molecule has 0 fully saturated rings. The molecular weight excluding hydrogens is 583 g/mol. The van der Waals surface area contributed by atoms with Gasteiger partial charge in [0.25, 0.3) is 0 Å². The molecule has 0 aliphatic rings. The summed E-state index contributed by atoms with van der Waals surface area (Å²) in [4.78, 5) is 2.36. The summed E-state index contributed by atoms with van der Waals surface area (Å²) in [5.74, 6) is 0. The fourth-order valence-electron chi connectivity index (χ4n) is 7.48. The zero-order chi connectivity index (χ0) is 31.6. The van der Waals surface area contributed by atoms with Crippen molar-refractivity contribution in [2.24, 2.45) is 0 Å². The Balaban J connectivity index is 1.17. The van der Waals surface area contributed by atoms with E-state index in [1.54, 1.807) is 0 Å². The minimum absolute atomic E-state index is 0.910. The molecule has 1 heterocycles. The Kier molecular flexibility index (Phi) is 5.91. The summed E-state index contributed by atoms with van der Waals surface area (Å²) in [6.45, 7) is 0. The smallest absolute Gasteiger partial charge is 0.143 e. The lowest BCUT2D eigenvalue weighted by molar-refractivity contribution is 0.672. The van der Waals surface area contributed by atoms with Crippen molar-refractivity contribution in [3.8, 4) is 11.1 Å². The van der Waals surface area contributed by atoms with Gasteiger partial charge < -0.3 is 9.32 Å². The first kappa shape index (κ1) is 26.8. The topological polar surface area (TPSA) is 16.4 Å². The van der Waals surface area contributed by atoms with Crippen LogP contribution in [0.15, 0.2) is 180 Å². The molecule has 0 aliphatic carbocycles. The summed E-state index contributed by atoms with van der Waals surface area (Å²) < 4.78 is 6.49. The van der Waals surface area contributed by atoms with E-state index in [0.717, 1.165) is 49.8 Å². The van der Waals surface area contributed by atoms with Gasteiger partial charge in [0.2, 0.25) is 0 Å². The van der Waals surface area contributed by atoms with Gasteiger partial charge in [-0.3, -0.25) is 0 Å². The van der Waals surface area contributed by atoms with Gasteiger partial charge in [0, 0.05) is 33.2 Å². The number of hydrogen-bond donors (Lipinski definition) is 0. The van der Waals surface area contributed by atoms with Crippen molar-refractivity contribution in [2.45, 2.75) is 0 Å². The molecule has 1 aromatic heterocycles. The molecule has 0 atom stereocenters. The zero-order valence-electron chi connectivity index (χ0n) is 26.1. The second-order valence-electron chi connectivity index (χ2n) is 12.5. The minimum Gasteiger partial charge on any atom is -0.455 e. The van der Waals surface area contributed by atoms with Gasteiger partial charge in [-0.1, -0.05) is 127 Å². The van der Waals surface area contributed by atoms with Crippen LogP contribution in [0.2, 0.25) is 0 Å². The maximum absolute atomic E-state index is 6.49. The zero-order valence-corrected chi connectivity index (χ0v) is 26.1. The minimum atomic E-state index is 0.910. The molecule has 0 radical (unpaired) electrons. The molecular formula is C46H29NO. The van der Waals surface area contributed by atoms with E-state index in [0.29, 0.717) is 0 Å². The summed E-state index contributed by atoms with van der Waals surface area (Å²) in [5, 5.41) is 12.0. The van der Waals surface area contributed by atoms with Crippen LogP contribution >= 0.6 is 0 Å². The van der Waals surface area contributed by atoms with Crippen molar-refractivity contribution in [3.05, 3.63) is 176 Å². The lowest BCUT2D eigenvalue weighted by Crippen LogP contribution is -2.10. The lowest BCUT2D eigenvalue weighted by Gasteiger charge is -2.26. The van der Waals surface area contributed by atoms with E-state index in [-0.39, 0.29) is 0 Å². The molecule has 0 bridgehead atoms. The van der Waals surface area contributed by atoms with E-state index in [1.165, 1.54) is 43.4 Å². The molecule has 10 aromatic rings. The largest absolute Gasteiger partial charge is 0.455 e. The predicted molar refractivity (Wildman–Crippen MR) is 204 cm³/mol. The summed E-state index contributed by atoms with van der Waals surface area (Å²) in [6, 6.07) is 63.4. The van der Waals surface area contributed by atoms with Crippen LogP contribution in [0.4, 0.5) is 17.1 Å². The van der Waals surface area contributed by atoms with Crippen LogP contribution < -0.4 is 4.90 Å². The van der Waals surface area contributed by atoms with Crippen molar-refractivity contribution in [3.63, 3.8) is 0 Å². The van der Waals surface area contributed by atoms with E-state index in [9.17, 15) is 0 Å². The fourth-order valence-corrected chi connectivity index (χ4v) is 7.48. The quantitative estimate of drug-likeness (QED) is 0.184. The summed E-state index contributed by atoms with van der Waals surface area (Å²) in [7, 11) is 0. The van der Waals surface area contributed by atoms with Gasteiger partial charge in [0.05, 0.1) is 0 Å². The van der Waals surface area contributed by atoms with E-state index in [2.05, 4.69) is 169 Å². The molecule has 0 spiro atoms. The van der Waals surface area contributed by atoms with Gasteiger partial charge in [-0.15, -0.1) is 0 Å². The molecule has 2 nitrogen and oxygen atoms in total. The van der Waals surface area contributed by atoms with E-state index in [4.69, 9.17) is 4.42 Å². The van der Waals surface area contributed by atoms with Crippen LogP contribution in [0.25, 0.3) is 76.2 Å². The van der Waals surface area contributed by atoms with E-state index < -0.39 is 0 Å². The molecule has 48 heavy (non-hydrogen) atoms. The second kappa shape index (κ2) is 10.6. The number of fused-ring (bicyclic) bond motifs is 9. The van der Waals surface area contributed by atoms with Gasteiger partial charge in [-0.25, -0.2) is 0 Å². The van der Waals surface area contributed by atoms with Gasteiger partial charge in [0.1, 0.15) is 11.2 Å². The van der Waals surface area contributed by atoms with Crippen molar-refractivity contribution < 1.29 is 4.42 Å². The maximum Gasteiger partial charge on any atom is 0.143 e. The summed E-state index contributed by atoms with van der Waals surface area (Å²) in [5.41, 5.74) is 7.54. The van der Waals surface area contributed by atoms with Crippen LogP contribution in [0.3, 0.4) is 0 Å². The van der Waals surface area contributed by atoms with Crippen molar-refractivity contribution in [2.75, 3.05) is 4.90 Å². The molecule has 0 aliphatic heterocycles. The highest BCUT2D eigenvalue weighted by atomic mass is 16.3. The maximum atomic E-state index is 6.49. The molecule has 0 unspecified atom stereocenters. The first-order chi connectivity index (χ1) is 23.8. The molecule has 224 valence electrons. The number of furan rings is 1. The number of rotatable bonds is 4. The SMILES string of the molecule is c1ccc2c(-c3ccc(N(c4ccc5c(ccc6ccccc65)c4)c4ccc5ccc6c7ccccc7oc6c5c4)cc3)cccc2c1. The van der Waals surface area contributed by atoms with Gasteiger partial charge in [0.15, 0.2) is 0 Å². The monoisotopic (exact) mass is 611 g/mol. The first-order valence-electron chi connectivity index (χ1n) is 16.4. The first-order valence-corrected chi connectivity index (χ1v) is 16.4. The third-order valence-corrected chi connectivity index (χ3v) is 9.82. The Morgan fingerprint density at radius 3 is 1.77 bits per heavy atom. The molecule has 0 N–H and O–H groups in total. The van der Waals surface area contributed by atoms with Crippen molar-refractivity contribution in [1.82, 2.24) is 0 Å². The molecule has 0 saturated carbocycles. The third-order valence-electron chi connectivity index (χ3n) is 9.82. The average Bonchev–Trinajstić information content (AvgIpc) is 3.54. The Morgan fingerprint density at radius 2 is 0.896 bits per heavy atom. The molecule has 0 saturated heterocycles. The molecule has 2 heteroatoms. The fraction of sp³-hybridized carbons (Fsp3) is 0. The molecule has 0 amide bonds. The number of hydrogen-bond acceptors (Lipinski definition) is 2. The standard InChI is InChI=1S/C46H29NO/c1-3-11-38-30(8-1)10-7-14-40(38)32-18-22-35(23-19-32)47(36-25-27-41-34(28-36)17-16-31-9-2-4-12-39(31)41)37-24-20-33-21-26-43-42-13-5-6-15-45(42)48-46(43)44(33)29-37/h1-29H. The normalized spacial score (nSPS) is 11.8. The number of benzene rings is 9. The van der Waals surface area contributed by atoms with Crippen molar-refractivity contribution >= 4 is 82.1 Å². The summed E-state index contributed by atoms with van der Waals surface area (Å²) >= 11 is 0. The Labute approximate surface area is 277 Å². The predicted octanol–water partition coefficient (Wildman–Crippen LogP) is 13.3. The van der Waals surface area contributed by atoms with Crippen LogP contribution in [-0.4, -0.2) is 0 Å².